The second kappa shape index (κ2) is 4.50. The average Bonchev–Trinajstić information content (AvgIpc) is 2.15. The zero-order valence-electron chi connectivity index (χ0n) is 7.31. The van der Waals surface area contributed by atoms with Crippen molar-refractivity contribution in [1.29, 1.82) is 0 Å². The van der Waals surface area contributed by atoms with Crippen LogP contribution in [0.25, 0.3) is 0 Å². The Labute approximate surface area is 80.2 Å². The number of carboxylic acids is 1. The summed E-state index contributed by atoms with van der Waals surface area (Å²) in [6.07, 6.45) is -0.106. The van der Waals surface area contributed by atoms with E-state index < -0.39 is 17.9 Å². The van der Waals surface area contributed by atoms with E-state index in [1.165, 1.54) is 0 Å². The lowest BCUT2D eigenvalue weighted by molar-refractivity contribution is -0.150. The molecule has 0 saturated heterocycles. The minimum atomic E-state index is -1.80. The van der Waals surface area contributed by atoms with Crippen LogP contribution in [0, 0.1) is 5.92 Å². The van der Waals surface area contributed by atoms with Crippen molar-refractivity contribution in [3.63, 3.8) is 0 Å². The molecule has 1 aromatic rings. The number of hydrogen-bond acceptors (Lipinski definition) is 2. The molecule has 4 heteroatoms. The van der Waals surface area contributed by atoms with E-state index in [1.807, 2.05) is 0 Å². The standard InChI is InChI=1S/C10H9FO3/c11-9(12)8(10(13)14)6-7-4-2-1-3-5-7/h1-5,8H,6H2,(H,13,14). The van der Waals surface area contributed by atoms with Gasteiger partial charge in [-0.15, -0.1) is 0 Å². The number of rotatable bonds is 4. The predicted molar refractivity (Wildman–Crippen MR) is 47.4 cm³/mol. The van der Waals surface area contributed by atoms with Gasteiger partial charge in [0.2, 0.25) is 0 Å². The fourth-order valence-electron chi connectivity index (χ4n) is 1.11. The van der Waals surface area contributed by atoms with Crippen molar-refractivity contribution in [2.24, 2.45) is 5.92 Å². The Balaban J connectivity index is 2.75. The smallest absolute Gasteiger partial charge is 0.317 e. The van der Waals surface area contributed by atoms with Crippen molar-refractivity contribution in [2.75, 3.05) is 0 Å². The molecule has 0 aliphatic heterocycles. The van der Waals surface area contributed by atoms with Crippen molar-refractivity contribution >= 4 is 12.0 Å². The molecule has 1 N–H and O–H groups in total. The van der Waals surface area contributed by atoms with Crippen LogP contribution in [-0.4, -0.2) is 17.1 Å². The summed E-state index contributed by atoms with van der Waals surface area (Å²) in [6.45, 7) is 0. The zero-order chi connectivity index (χ0) is 10.6. The van der Waals surface area contributed by atoms with E-state index in [9.17, 15) is 14.0 Å². The van der Waals surface area contributed by atoms with E-state index in [0.717, 1.165) is 0 Å². The molecule has 0 saturated carbocycles. The molecule has 3 nitrogen and oxygen atoms in total. The van der Waals surface area contributed by atoms with Gasteiger partial charge < -0.3 is 5.11 Å². The molecule has 0 radical (unpaired) electrons. The highest BCUT2D eigenvalue weighted by Crippen LogP contribution is 2.10. The van der Waals surface area contributed by atoms with E-state index in [-0.39, 0.29) is 6.42 Å². The summed E-state index contributed by atoms with van der Waals surface area (Å²) in [5, 5.41) is 8.54. The van der Waals surface area contributed by atoms with Gasteiger partial charge in [-0.25, -0.2) is 0 Å². The van der Waals surface area contributed by atoms with Gasteiger partial charge in [-0.2, -0.15) is 4.39 Å². The highest BCUT2D eigenvalue weighted by Gasteiger charge is 2.26. The Hall–Kier alpha value is -1.71. The van der Waals surface area contributed by atoms with E-state index in [0.29, 0.717) is 5.56 Å². The largest absolute Gasteiger partial charge is 0.481 e. The van der Waals surface area contributed by atoms with Gasteiger partial charge in [-0.3, -0.25) is 9.59 Å². The van der Waals surface area contributed by atoms with Crippen molar-refractivity contribution < 1.29 is 19.1 Å². The van der Waals surface area contributed by atoms with Gasteiger partial charge >= 0.3 is 12.0 Å². The molecule has 0 spiro atoms. The monoisotopic (exact) mass is 196 g/mol. The van der Waals surface area contributed by atoms with Gasteiger partial charge in [0.05, 0.1) is 0 Å². The lowest BCUT2D eigenvalue weighted by Crippen LogP contribution is -2.22. The van der Waals surface area contributed by atoms with Crippen LogP contribution in [0.2, 0.25) is 0 Å². The third-order valence-electron chi connectivity index (χ3n) is 1.85. The Morgan fingerprint density at radius 2 is 1.86 bits per heavy atom. The first-order valence-corrected chi connectivity index (χ1v) is 4.07. The maximum atomic E-state index is 12.3. The van der Waals surface area contributed by atoms with E-state index >= 15 is 0 Å². The molecule has 74 valence electrons. The van der Waals surface area contributed by atoms with Gasteiger partial charge in [-0.05, 0) is 12.0 Å². The third-order valence-corrected chi connectivity index (χ3v) is 1.85. The number of aliphatic carboxylic acids is 1. The Morgan fingerprint density at radius 3 is 2.29 bits per heavy atom. The summed E-state index contributed by atoms with van der Waals surface area (Å²) in [6, 6.07) is 6.67. The molecule has 0 fully saturated rings. The molecule has 0 aliphatic rings. The summed E-state index contributed by atoms with van der Waals surface area (Å²) in [4.78, 5) is 20.8. The second-order valence-corrected chi connectivity index (χ2v) is 2.88. The summed E-state index contributed by atoms with van der Waals surface area (Å²) in [7, 11) is 0. The molecule has 0 amide bonds. The van der Waals surface area contributed by atoms with E-state index in [2.05, 4.69) is 0 Å². The number of carbonyl (C=O) groups excluding carboxylic acids is 1. The topological polar surface area (TPSA) is 54.4 Å². The first-order chi connectivity index (χ1) is 6.61. The third kappa shape index (κ3) is 2.65. The normalized spacial score (nSPS) is 12.1. The fourth-order valence-corrected chi connectivity index (χ4v) is 1.11. The van der Waals surface area contributed by atoms with Gasteiger partial charge in [0.1, 0.15) is 0 Å². The molecule has 0 aliphatic carbocycles. The Morgan fingerprint density at radius 1 is 1.29 bits per heavy atom. The quantitative estimate of drug-likeness (QED) is 0.585. The SMILES string of the molecule is O=C(O)C(Cc1ccccc1)C(=O)F. The molecule has 0 heterocycles. The van der Waals surface area contributed by atoms with Crippen LogP contribution in [0.5, 0.6) is 0 Å². The van der Waals surface area contributed by atoms with Crippen LogP contribution >= 0.6 is 0 Å². The molecule has 0 aromatic heterocycles. The molecular weight excluding hydrogens is 187 g/mol. The van der Waals surface area contributed by atoms with Crippen LogP contribution in [0.1, 0.15) is 5.56 Å². The number of hydrogen-bond donors (Lipinski definition) is 1. The van der Waals surface area contributed by atoms with E-state index in [1.54, 1.807) is 30.3 Å². The number of benzene rings is 1. The van der Waals surface area contributed by atoms with E-state index in [4.69, 9.17) is 5.11 Å². The molecule has 1 unspecified atom stereocenters. The van der Waals surface area contributed by atoms with Crippen LogP contribution in [0.4, 0.5) is 4.39 Å². The minimum absolute atomic E-state index is 0.106. The minimum Gasteiger partial charge on any atom is -0.481 e. The first-order valence-electron chi connectivity index (χ1n) is 4.07. The fraction of sp³-hybridized carbons (Fsp3) is 0.200. The molecule has 14 heavy (non-hydrogen) atoms. The van der Waals surface area contributed by atoms with Crippen LogP contribution in [0.3, 0.4) is 0 Å². The zero-order valence-corrected chi connectivity index (χ0v) is 7.31. The van der Waals surface area contributed by atoms with Crippen molar-refractivity contribution in [3.8, 4) is 0 Å². The van der Waals surface area contributed by atoms with Crippen LogP contribution < -0.4 is 0 Å². The molecule has 0 bridgehead atoms. The predicted octanol–water partition coefficient (Wildman–Crippen LogP) is 1.43. The maximum absolute atomic E-state index is 12.3. The lowest BCUT2D eigenvalue weighted by Gasteiger charge is -2.05. The summed E-state index contributed by atoms with van der Waals surface area (Å²) >= 11 is 0. The van der Waals surface area contributed by atoms with Crippen LogP contribution in [-0.2, 0) is 16.0 Å². The molecular formula is C10H9FO3. The van der Waals surface area contributed by atoms with Gasteiger partial charge in [0, 0.05) is 0 Å². The number of halogens is 1. The van der Waals surface area contributed by atoms with Gasteiger partial charge in [-0.1, -0.05) is 30.3 Å². The van der Waals surface area contributed by atoms with Crippen molar-refractivity contribution in [3.05, 3.63) is 35.9 Å². The molecule has 1 atom stereocenters. The Bertz CT molecular complexity index is 320. The highest BCUT2D eigenvalue weighted by atomic mass is 19.1. The number of carbonyl (C=O) groups is 2. The molecule has 1 aromatic carbocycles. The van der Waals surface area contributed by atoms with Gasteiger partial charge in [0.15, 0.2) is 5.92 Å². The average molecular weight is 196 g/mol. The summed E-state index contributed by atoms with van der Waals surface area (Å²) < 4.78 is 12.3. The molecule has 1 rings (SSSR count). The highest BCUT2D eigenvalue weighted by molar-refractivity contribution is 5.93. The summed E-state index contributed by atoms with van der Waals surface area (Å²) in [5.41, 5.74) is 0.630. The van der Waals surface area contributed by atoms with Crippen molar-refractivity contribution in [2.45, 2.75) is 6.42 Å². The summed E-state index contributed by atoms with van der Waals surface area (Å²) in [5.74, 6) is -3.02. The van der Waals surface area contributed by atoms with Crippen molar-refractivity contribution in [1.82, 2.24) is 0 Å². The Kier molecular flexibility index (Phi) is 3.34. The first kappa shape index (κ1) is 10.4. The maximum Gasteiger partial charge on any atom is 0.317 e. The number of carboxylic acid groups (broad SMARTS) is 1. The van der Waals surface area contributed by atoms with Gasteiger partial charge in [0.25, 0.3) is 0 Å². The second-order valence-electron chi connectivity index (χ2n) is 2.88. The lowest BCUT2D eigenvalue weighted by atomic mass is 10.0. The van der Waals surface area contributed by atoms with Crippen LogP contribution in [0.15, 0.2) is 30.3 Å².